The Hall–Kier alpha value is -2.46. The van der Waals surface area contributed by atoms with Crippen molar-refractivity contribution in [2.75, 3.05) is 6.54 Å². The van der Waals surface area contributed by atoms with Crippen LogP contribution in [0.1, 0.15) is 33.2 Å². The third kappa shape index (κ3) is 3.27. The van der Waals surface area contributed by atoms with Crippen molar-refractivity contribution in [1.29, 1.82) is 0 Å². The number of hydrogen-bond acceptors (Lipinski definition) is 1. The van der Waals surface area contributed by atoms with E-state index in [0.29, 0.717) is 27.2 Å². The van der Waals surface area contributed by atoms with Crippen LogP contribution in [0.4, 0.5) is 0 Å². The number of carbonyl (C=O) groups is 1. The fourth-order valence-electron chi connectivity index (χ4n) is 4.25. The summed E-state index contributed by atoms with van der Waals surface area (Å²) in [7, 11) is 0. The van der Waals surface area contributed by atoms with Crippen LogP contribution in [0.25, 0.3) is 10.9 Å². The Morgan fingerprint density at radius 2 is 1.70 bits per heavy atom. The summed E-state index contributed by atoms with van der Waals surface area (Å²) in [5, 5.41) is 2.66. The second kappa shape index (κ2) is 7.66. The highest BCUT2D eigenvalue weighted by atomic mass is 35.5. The molecule has 5 rings (SSSR count). The predicted octanol–water partition coefficient (Wildman–Crippen LogP) is 6.92. The Morgan fingerprint density at radius 3 is 2.47 bits per heavy atom. The Labute approximate surface area is 189 Å². The third-order valence-corrected chi connectivity index (χ3v) is 6.64. The second-order valence-corrected chi connectivity index (χ2v) is 8.65. The van der Waals surface area contributed by atoms with Crippen molar-refractivity contribution in [3.8, 4) is 0 Å². The van der Waals surface area contributed by atoms with E-state index in [9.17, 15) is 4.79 Å². The number of amides is 1. The van der Waals surface area contributed by atoms with Gasteiger partial charge in [-0.2, -0.15) is 0 Å². The van der Waals surface area contributed by atoms with E-state index < -0.39 is 0 Å². The Bertz CT molecular complexity index is 1260. The van der Waals surface area contributed by atoms with E-state index in [1.807, 2.05) is 41.3 Å². The van der Waals surface area contributed by atoms with E-state index in [0.717, 1.165) is 23.2 Å². The molecule has 3 aromatic carbocycles. The number of aromatic nitrogens is 1. The van der Waals surface area contributed by atoms with Crippen molar-refractivity contribution in [3.63, 3.8) is 0 Å². The normalized spacial score (nSPS) is 16.0. The van der Waals surface area contributed by atoms with Crippen molar-refractivity contribution < 1.29 is 4.79 Å². The summed E-state index contributed by atoms with van der Waals surface area (Å²) in [6, 6.07) is 20.7. The lowest BCUT2D eigenvalue weighted by Gasteiger charge is -2.36. The Kier molecular flexibility index (Phi) is 4.98. The molecule has 0 radical (unpaired) electrons. The van der Waals surface area contributed by atoms with E-state index >= 15 is 0 Å². The summed E-state index contributed by atoms with van der Waals surface area (Å²) in [5.74, 6) is -0.0853. The van der Waals surface area contributed by atoms with Gasteiger partial charge in [0, 0.05) is 33.7 Å². The van der Waals surface area contributed by atoms with Crippen LogP contribution in [-0.4, -0.2) is 22.3 Å². The van der Waals surface area contributed by atoms with E-state index in [1.165, 1.54) is 10.9 Å². The van der Waals surface area contributed by atoms with Crippen LogP contribution in [0.3, 0.4) is 0 Å². The highest BCUT2D eigenvalue weighted by Crippen LogP contribution is 2.39. The molecule has 2 heterocycles. The zero-order valence-corrected chi connectivity index (χ0v) is 18.1. The molecule has 0 spiro atoms. The number of benzene rings is 3. The smallest absolute Gasteiger partial charge is 0.254 e. The number of H-pyrrole nitrogens is 1. The summed E-state index contributed by atoms with van der Waals surface area (Å²) >= 11 is 18.4. The molecule has 1 unspecified atom stereocenters. The Morgan fingerprint density at radius 1 is 0.933 bits per heavy atom. The molecule has 3 nitrogen and oxygen atoms in total. The molecular weight excluding hydrogens is 439 g/mol. The molecule has 0 aliphatic carbocycles. The van der Waals surface area contributed by atoms with Crippen molar-refractivity contribution in [1.82, 2.24) is 9.88 Å². The van der Waals surface area contributed by atoms with E-state index in [1.54, 1.807) is 18.2 Å². The molecule has 1 amide bonds. The lowest BCUT2D eigenvalue weighted by molar-refractivity contribution is 0.0692. The third-order valence-electron chi connectivity index (χ3n) is 5.65. The van der Waals surface area contributed by atoms with Crippen LogP contribution in [-0.2, 0) is 6.42 Å². The summed E-state index contributed by atoms with van der Waals surface area (Å²) in [5.41, 5.74) is 4.88. The molecular formula is C24H17Cl3N2O. The molecule has 1 aliphatic rings. The molecule has 0 fully saturated rings. The molecule has 0 saturated heterocycles. The van der Waals surface area contributed by atoms with Gasteiger partial charge in [-0.25, -0.2) is 0 Å². The van der Waals surface area contributed by atoms with Gasteiger partial charge in [-0.05, 0) is 53.9 Å². The molecule has 150 valence electrons. The number of fused-ring (bicyclic) bond motifs is 3. The highest BCUT2D eigenvalue weighted by Gasteiger charge is 2.35. The Balaban J connectivity index is 1.65. The fourth-order valence-corrected chi connectivity index (χ4v) is 4.67. The van der Waals surface area contributed by atoms with Gasteiger partial charge in [0.05, 0.1) is 16.1 Å². The number of halogens is 3. The molecule has 1 N–H and O–H groups in total. The number of nitrogens with one attached hydrogen (secondary N) is 1. The predicted molar refractivity (Wildman–Crippen MR) is 123 cm³/mol. The number of nitrogens with zero attached hydrogens (tertiary/aromatic N) is 1. The molecule has 0 bridgehead atoms. The van der Waals surface area contributed by atoms with Gasteiger partial charge in [0.2, 0.25) is 0 Å². The minimum Gasteiger partial charge on any atom is -0.356 e. The molecule has 0 saturated carbocycles. The maximum absolute atomic E-state index is 13.5. The summed E-state index contributed by atoms with van der Waals surface area (Å²) in [4.78, 5) is 19.0. The average Bonchev–Trinajstić information content (AvgIpc) is 3.14. The van der Waals surface area contributed by atoms with Crippen LogP contribution in [0.5, 0.6) is 0 Å². The zero-order valence-electron chi connectivity index (χ0n) is 15.8. The van der Waals surface area contributed by atoms with Crippen LogP contribution in [0.2, 0.25) is 15.1 Å². The van der Waals surface area contributed by atoms with Crippen LogP contribution >= 0.6 is 34.8 Å². The van der Waals surface area contributed by atoms with Crippen molar-refractivity contribution in [3.05, 3.63) is 104 Å². The number of aromatic amines is 1. The first-order valence-corrected chi connectivity index (χ1v) is 10.8. The second-order valence-electron chi connectivity index (χ2n) is 7.39. The molecule has 4 aromatic rings. The fraction of sp³-hybridized carbons (Fsp3) is 0.125. The van der Waals surface area contributed by atoms with Crippen LogP contribution < -0.4 is 0 Å². The summed E-state index contributed by atoms with van der Waals surface area (Å²) in [6.07, 6.45) is 0.774. The molecule has 1 aromatic heterocycles. The van der Waals surface area contributed by atoms with Gasteiger partial charge in [0.25, 0.3) is 5.91 Å². The van der Waals surface area contributed by atoms with Gasteiger partial charge in [0.1, 0.15) is 0 Å². The number of carbonyl (C=O) groups excluding carboxylic acids is 1. The van der Waals surface area contributed by atoms with Gasteiger partial charge in [0.15, 0.2) is 0 Å². The molecule has 30 heavy (non-hydrogen) atoms. The standard InChI is InChI=1S/C24H17Cl3N2O/c25-16-8-5-14(6-9-16)23-22-18(17-3-1-2-4-21(17)28-22)11-12-29(23)24(30)15-7-10-19(26)20(27)13-15/h1-10,13,23,28H,11-12H2. The van der Waals surface area contributed by atoms with Crippen LogP contribution in [0, 0.1) is 0 Å². The topological polar surface area (TPSA) is 36.1 Å². The van der Waals surface area contributed by atoms with Gasteiger partial charge in [-0.1, -0.05) is 65.1 Å². The number of rotatable bonds is 2. The van der Waals surface area contributed by atoms with Gasteiger partial charge in [-0.15, -0.1) is 0 Å². The van der Waals surface area contributed by atoms with Crippen molar-refractivity contribution in [2.45, 2.75) is 12.5 Å². The largest absolute Gasteiger partial charge is 0.356 e. The maximum atomic E-state index is 13.5. The van der Waals surface area contributed by atoms with E-state index in [-0.39, 0.29) is 11.9 Å². The van der Waals surface area contributed by atoms with Gasteiger partial charge < -0.3 is 9.88 Å². The molecule has 1 aliphatic heterocycles. The van der Waals surface area contributed by atoms with Crippen molar-refractivity contribution >= 4 is 51.6 Å². The first-order chi connectivity index (χ1) is 14.5. The zero-order chi connectivity index (χ0) is 20.8. The van der Waals surface area contributed by atoms with Gasteiger partial charge in [-0.3, -0.25) is 4.79 Å². The summed E-state index contributed by atoms with van der Waals surface area (Å²) in [6.45, 7) is 0.598. The first-order valence-electron chi connectivity index (χ1n) is 9.64. The quantitative estimate of drug-likeness (QED) is 0.350. The minimum absolute atomic E-state index is 0.0853. The highest BCUT2D eigenvalue weighted by molar-refractivity contribution is 6.42. The van der Waals surface area contributed by atoms with Crippen LogP contribution in [0.15, 0.2) is 66.7 Å². The maximum Gasteiger partial charge on any atom is 0.254 e. The SMILES string of the molecule is O=C(c1ccc(Cl)c(Cl)c1)N1CCc2c([nH]c3ccccc23)C1c1ccc(Cl)cc1. The minimum atomic E-state index is -0.250. The molecule has 6 heteroatoms. The molecule has 1 atom stereocenters. The van der Waals surface area contributed by atoms with Crippen molar-refractivity contribution in [2.24, 2.45) is 0 Å². The monoisotopic (exact) mass is 454 g/mol. The number of hydrogen-bond donors (Lipinski definition) is 1. The van der Waals surface area contributed by atoms with Gasteiger partial charge >= 0.3 is 0 Å². The summed E-state index contributed by atoms with van der Waals surface area (Å²) < 4.78 is 0. The first kappa shape index (κ1) is 19.5. The average molecular weight is 456 g/mol. The lowest BCUT2D eigenvalue weighted by Crippen LogP contribution is -2.40. The van der Waals surface area contributed by atoms with E-state index in [2.05, 4.69) is 17.1 Å². The lowest BCUT2D eigenvalue weighted by atomic mass is 9.91. The number of para-hydroxylation sites is 1. The van der Waals surface area contributed by atoms with E-state index in [4.69, 9.17) is 34.8 Å².